The number of carbonyl (C=O) groups is 2. The molecule has 0 saturated heterocycles. The first-order valence-electron chi connectivity index (χ1n) is 7.20. The third-order valence-electron chi connectivity index (χ3n) is 3.40. The van der Waals surface area contributed by atoms with Crippen molar-refractivity contribution < 1.29 is 40.2 Å². The van der Waals surface area contributed by atoms with E-state index in [1.807, 2.05) is 0 Å². The molecule has 1 aromatic rings. The summed E-state index contributed by atoms with van der Waals surface area (Å²) in [5, 5.41) is 51.9. The smallest absolute Gasteiger partial charge is 0.335 e. The summed E-state index contributed by atoms with van der Waals surface area (Å²) >= 11 is 0. The van der Waals surface area contributed by atoms with Crippen LogP contribution in [0.5, 0.6) is 0 Å². The Morgan fingerprint density at radius 3 is 1.48 bits per heavy atom. The van der Waals surface area contributed by atoms with Crippen molar-refractivity contribution in [3.8, 4) is 0 Å². The minimum absolute atomic E-state index is 0.331. The number of aliphatic carboxylic acids is 1. The summed E-state index contributed by atoms with van der Waals surface area (Å²) in [7, 11) is 0. The van der Waals surface area contributed by atoms with Gasteiger partial charge in [-0.2, -0.15) is 0 Å². The van der Waals surface area contributed by atoms with Crippen LogP contribution in [0.4, 0.5) is 0 Å². The normalized spacial score (nSPS) is 10.5. The van der Waals surface area contributed by atoms with Crippen LogP contribution in [0.2, 0.25) is 0 Å². The van der Waals surface area contributed by atoms with E-state index in [1.54, 1.807) is 30.3 Å². The molecule has 0 spiro atoms. The molecule has 8 heteroatoms. The Balaban J connectivity index is 0. The number of aliphatic hydroxyl groups is 4. The van der Waals surface area contributed by atoms with Crippen LogP contribution in [-0.2, 0) is 4.79 Å². The van der Waals surface area contributed by atoms with Gasteiger partial charge in [0.25, 0.3) is 0 Å². The lowest BCUT2D eigenvalue weighted by molar-refractivity contribution is -0.133. The van der Waals surface area contributed by atoms with Crippen LogP contribution in [0.3, 0.4) is 0 Å². The lowest BCUT2D eigenvalue weighted by Gasteiger charge is -2.38. The summed E-state index contributed by atoms with van der Waals surface area (Å²) < 4.78 is 0. The Hall–Kier alpha value is -2.26. The van der Waals surface area contributed by atoms with Gasteiger partial charge in [-0.3, -0.25) is 0 Å². The topological polar surface area (TPSA) is 156 Å². The van der Waals surface area contributed by atoms with Gasteiger partial charge in [0.15, 0.2) is 0 Å². The number of aliphatic hydroxyl groups excluding tert-OH is 3. The van der Waals surface area contributed by atoms with Gasteiger partial charge in [-0.05, 0) is 26.0 Å². The van der Waals surface area contributed by atoms with Gasteiger partial charge >= 0.3 is 11.9 Å². The molecular weight excluding hydrogens is 332 g/mol. The van der Waals surface area contributed by atoms with Crippen LogP contribution in [0.1, 0.15) is 24.2 Å². The molecule has 142 valence electrons. The van der Waals surface area contributed by atoms with E-state index >= 15 is 0 Å². The highest BCUT2D eigenvalue weighted by molar-refractivity contribution is 5.87. The van der Waals surface area contributed by atoms with E-state index in [0.717, 1.165) is 6.08 Å². The predicted molar refractivity (Wildman–Crippen MR) is 91.2 cm³/mol. The van der Waals surface area contributed by atoms with Crippen LogP contribution < -0.4 is 0 Å². The molecule has 0 aliphatic rings. The van der Waals surface area contributed by atoms with Crippen LogP contribution in [0.15, 0.2) is 43.0 Å². The Kier molecular flexibility index (Phi) is 12.1. The van der Waals surface area contributed by atoms with Gasteiger partial charge in [-0.25, -0.2) is 9.59 Å². The highest BCUT2D eigenvalue weighted by atomic mass is 16.4. The van der Waals surface area contributed by atoms with E-state index in [1.165, 1.54) is 13.8 Å². The molecule has 0 amide bonds. The Labute approximate surface area is 146 Å². The highest BCUT2D eigenvalue weighted by Crippen LogP contribution is 2.29. The maximum absolute atomic E-state index is 10.2. The second-order valence-corrected chi connectivity index (χ2v) is 5.53. The molecule has 0 radical (unpaired) electrons. The van der Waals surface area contributed by atoms with Crippen LogP contribution in [-0.4, -0.2) is 68.0 Å². The molecule has 1 rings (SSSR count). The molecular formula is C17H26O8. The zero-order valence-corrected chi connectivity index (χ0v) is 14.3. The number of carboxylic acid groups (broad SMARTS) is 2. The minimum Gasteiger partial charge on any atom is -0.478 e. The van der Waals surface area contributed by atoms with Crippen molar-refractivity contribution in [3.05, 3.63) is 48.6 Å². The SMILES string of the molecule is C=CC(=O)O.CC(C)(O)C(CO)(CO)CO.O=C(O)c1ccccc1. The van der Waals surface area contributed by atoms with E-state index in [0.29, 0.717) is 5.56 Å². The van der Waals surface area contributed by atoms with E-state index in [9.17, 15) is 14.7 Å². The van der Waals surface area contributed by atoms with Crippen molar-refractivity contribution in [1.82, 2.24) is 0 Å². The first-order valence-corrected chi connectivity index (χ1v) is 7.20. The fraction of sp³-hybridized carbons (Fsp3) is 0.412. The van der Waals surface area contributed by atoms with Crippen molar-refractivity contribution in [2.75, 3.05) is 19.8 Å². The van der Waals surface area contributed by atoms with E-state index < -0.39 is 42.8 Å². The van der Waals surface area contributed by atoms with E-state index in [-0.39, 0.29) is 0 Å². The standard InChI is InChI=1S/C7H16O4.C7H6O2.C3H4O2/c1-6(2,11)7(3-8,4-9)5-10;8-7(9)6-4-2-1-3-5-6;1-2-3(4)5/h8-11H,3-5H2,1-2H3;1-5H,(H,8,9);2H,1H2,(H,4,5). The van der Waals surface area contributed by atoms with Gasteiger partial charge in [0, 0.05) is 6.08 Å². The number of hydrogen-bond acceptors (Lipinski definition) is 6. The highest BCUT2D eigenvalue weighted by Gasteiger charge is 2.42. The summed E-state index contributed by atoms with van der Waals surface area (Å²) in [5.74, 6) is -1.86. The van der Waals surface area contributed by atoms with Crippen LogP contribution in [0.25, 0.3) is 0 Å². The van der Waals surface area contributed by atoms with Gasteiger partial charge in [0.2, 0.25) is 0 Å². The molecule has 6 N–H and O–H groups in total. The Morgan fingerprint density at radius 2 is 1.36 bits per heavy atom. The second kappa shape index (κ2) is 12.2. The molecule has 1 aromatic carbocycles. The van der Waals surface area contributed by atoms with Crippen molar-refractivity contribution >= 4 is 11.9 Å². The number of carboxylic acids is 2. The summed E-state index contributed by atoms with van der Waals surface area (Å²) in [6.45, 7) is 4.52. The summed E-state index contributed by atoms with van der Waals surface area (Å²) in [4.78, 5) is 19.5. The van der Waals surface area contributed by atoms with Crippen LogP contribution in [0, 0.1) is 5.41 Å². The van der Waals surface area contributed by atoms with Crippen molar-refractivity contribution in [2.24, 2.45) is 5.41 Å². The fourth-order valence-corrected chi connectivity index (χ4v) is 1.31. The van der Waals surface area contributed by atoms with Gasteiger partial charge in [-0.15, -0.1) is 0 Å². The molecule has 0 heterocycles. The monoisotopic (exact) mass is 358 g/mol. The molecule has 0 unspecified atom stereocenters. The average molecular weight is 358 g/mol. The quantitative estimate of drug-likeness (QED) is 0.398. The first-order chi connectivity index (χ1) is 11.5. The lowest BCUT2D eigenvalue weighted by Crippen LogP contribution is -2.51. The number of hydrogen-bond donors (Lipinski definition) is 6. The molecule has 8 nitrogen and oxygen atoms in total. The van der Waals surface area contributed by atoms with Crippen molar-refractivity contribution in [2.45, 2.75) is 19.4 Å². The summed E-state index contributed by atoms with van der Waals surface area (Å²) in [6.07, 6.45) is 0.833. The maximum atomic E-state index is 10.2. The Morgan fingerprint density at radius 1 is 1.00 bits per heavy atom. The van der Waals surface area contributed by atoms with Crippen molar-refractivity contribution in [1.29, 1.82) is 0 Å². The zero-order chi connectivity index (χ0) is 20.1. The van der Waals surface area contributed by atoms with Crippen LogP contribution >= 0.6 is 0 Å². The minimum atomic E-state index is -1.29. The predicted octanol–water partition coefficient (Wildman–Crippen LogP) is 0.362. The molecule has 0 aromatic heterocycles. The first kappa shape index (κ1) is 25.0. The van der Waals surface area contributed by atoms with Gasteiger partial charge in [0.05, 0.1) is 36.4 Å². The molecule has 0 aliphatic carbocycles. The van der Waals surface area contributed by atoms with Gasteiger partial charge in [-0.1, -0.05) is 24.8 Å². The molecule has 0 saturated carbocycles. The Bertz CT molecular complexity index is 507. The average Bonchev–Trinajstić information content (AvgIpc) is 2.57. The molecule has 0 fully saturated rings. The molecule has 0 atom stereocenters. The third-order valence-corrected chi connectivity index (χ3v) is 3.40. The van der Waals surface area contributed by atoms with E-state index in [2.05, 4.69) is 6.58 Å². The maximum Gasteiger partial charge on any atom is 0.335 e. The number of aromatic carboxylic acids is 1. The lowest BCUT2D eigenvalue weighted by atomic mass is 9.76. The number of benzene rings is 1. The second-order valence-electron chi connectivity index (χ2n) is 5.53. The van der Waals surface area contributed by atoms with E-state index in [4.69, 9.17) is 25.5 Å². The fourth-order valence-electron chi connectivity index (χ4n) is 1.31. The molecule has 0 aliphatic heterocycles. The summed E-state index contributed by atoms with van der Waals surface area (Å²) in [6, 6.07) is 8.30. The largest absolute Gasteiger partial charge is 0.478 e. The summed E-state index contributed by atoms with van der Waals surface area (Å²) in [5.41, 5.74) is -2.17. The van der Waals surface area contributed by atoms with Gasteiger partial charge < -0.3 is 30.6 Å². The third kappa shape index (κ3) is 9.58. The molecule has 25 heavy (non-hydrogen) atoms. The number of rotatable bonds is 6. The molecule has 0 bridgehead atoms. The zero-order valence-electron chi connectivity index (χ0n) is 14.3. The van der Waals surface area contributed by atoms with Crippen molar-refractivity contribution in [3.63, 3.8) is 0 Å². The van der Waals surface area contributed by atoms with Gasteiger partial charge in [0.1, 0.15) is 0 Å².